The molecule has 0 aliphatic carbocycles. The van der Waals surface area contributed by atoms with Crippen LogP contribution in [-0.2, 0) is 20.7 Å². The molecule has 130 valence electrons. The Morgan fingerprint density at radius 2 is 1.76 bits per heavy atom. The van der Waals surface area contributed by atoms with Crippen molar-refractivity contribution in [1.82, 2.24) is 5.32 Å². The summed E-state index contributed by atoms with van der Waals surface area (Å²) in [5, 5.41) is 2.76. The SMILES string of the molecule is NC(=O)[C@@H](Cc1ccc(-c2ccccc2)cc1)NC(=O)[C@@H]1CCOC1. The second kappa shape index (κ2) is 7.94. The molecular weight excluding hydrogens is 316 g/mol. The van der Waals surface area contributed by atoms with Crippen LogP contribution in [-0.4, -0.2) is 31.1 Å². The van der Waals surface area contributed by atoms with Gasteiger partial charge in [0, 0.05) is 13.0 Å². The predicted octanol–water partition coefficient (Wildman–Crippen LogP) is 1.90. The summed E-state index contributed by atoms with van der Waals surface area (Å²) in [5.74, 6) is -0.885. The molecule has 25 heavy (non-hydrogen) atoms. The van der Waals surface area contributed by atoms with Crippen LogP contribution in [0.25, 0.3) is 11.1 Å². The number of nitrogens with one attached hydrogen (secondary N) is 1. The Kier molecular flexibility index (Phi) is 5.46. The quantitative estimate of drug-likeness (QED) is 0.844. The number of carbonyl (C=O) groups is 2. The Labute approximate surface area is 147 Å². The third-order valence-corrected chi connectivity index (χ3v) is 4.46. The number of hydrogen-bond donors (Lipinski definition) is 2. The van der Waals surface area contributed by atoms with Crippen molar-refractivity contribution in [2.45, 2.75) is 18.9 Å². The van der Waals surface area contributed by atoms with Crippen LogP contribution in [0.1, 0.15) is 12.0 Å². The predicted molar refractivity (Wildman–Crippen MR) is 95.6 cm³/mol. The molecule has 3 rings (SSSR count). The number of hydrogen-bond acceptors (Lipinski definition) is 3. The number of nitrogens with two attached hydrogens (primary N) is 1. The Bertz CT molecular complexity index is 722. The Morgan fingerprint density at radius 3 is 2.36 bits per heavy atom. The molecule has 0 aromatic heterocycles. The van der Waals surface area contributed by atoms with Crippen LogP contribution >= 0.6 is 0 Å². The van der Waals surface area contributed by atoms with Gasteiger partial charge in [0.15, 0.2) is 0 Å². The number of rotatable bonds is 6. The van der Waals surface area contributed by atoms with Gasteiger partial charge in [0.05, 0.1) is 12.5 Å². The molecular formula is C20H22N2O3. The second-order valence-corrected chi connectivity index (χ2v) is 6.29. The fourth-order valence-corrected chi connectivity index (χ4v) is 2.95. The van der Waals surface area contributed by atoms with E-state index in [2.05, 4.69) is 5.32 Å². The zero-order chi connectivity index (χ0) is 17.6. The first-order valence-corrected chi connectivity index (χ1v) is 8.45. The smallest absolute Gasteiger partial charge is 0.240 e. The molecule has 0 spiro atoms. The first-order valence-electron chi connectivity index (χ1n) is 8.45. The summed E-state index contributed by atoms with van der Waals surface area (Å²) in [6.45, 7) is 0.989. The average molecular weight is 338 g/mol. The Balaban J connectivity index is 1.65. The second-order valence-electron chi connectivity index (χ2n) is 6.29. The molecule has 5 heteroatoms. The molecule has 2 aromatic rings. The van der Waals surface area contributed by atoms with Crippen molar-refractivity contribution < 1.29 is 14.3 Å². The van der Waals surface area contributed by atoms with Crippen molar-refractivity contribution in [3.63, 3.8) is 0 Å². The maximum atomic E-state index is 12.2. The summed E-state index contributed by atoms with van der Waals surface area (Å²) < 4.78 is 5.22. The minimum atomic E-state index is -0.712. The number of ether oxygens (including phenoxy) is 1. The van der Waals surface area contributed by atoms with Gasteiger partial charge in [0.2, 0.25) is 11.8 Å². The van der Waals surface area contributed by atoms with Gasteiger partial charge >= 0.3 is 0 Å². The number of benzene rings is 2. The molecule has 0 unspecified atom stereocenters. The molecule has 2 amide bonds. The molecule has 3 N–H and O–H groups in total. The van der Waals surface area contributed by atoms with Gasteiger partial charge in [0.1, 0.15) is 6.04 Å². The van der Waals surface area contributed by atoms with Crippen molar-refractivity contribution >= 4 is 11.8 Å². The lowest BCUT2D eigenvalue weighted by Gasteiger charge is -2.18. The number of primary amides is 1. The van der Waals surface area contributed by atoms with Gasteiger partial charge in [-0.25, -0.2) is 0 Å². The van der Waals surface area contributed by atoms with E-state index in [1.54, 1.807) is 0 Å². The van der Waals surface area contributed by atoms with Gasteiger partial charge in [-0.2, -0.15) is 0 Å². The van der Waals surface area contributed by atoms with Crippen LogP contribution < -0.4 is 11.1 Å². The van der Waals surface area contributed by atoms with Crippen molar-refractivity contribution in [1.29, 1.82) is 0 Å². The largest absolute Gasteiger partial charge is 0.381 e. The van der Waals surface area contributed by atoms with E-state index in [1.807, 2.05) is 54.6 Å². The van der Waals surface area contributed by atoms with Crippen molar-refractivity contribution in [2.75, 3.05) is 13.2 Å². The van der Waals surface area contributed by atoms with E-state index in [-0.39, 0.29) is 11.8 Å². The lowest BCUT2D eigenvalue weighted by Crippen LogP contribution is -2.48. The van der Waals surface area contributed by atoms with E-state index in [1.165, 1.54) is 0 Å². The highest BCUT2D eigenvalue weighted by Gasteiger charge is 2.27. The van der Waals surface area contributed by atoms with Crippen molar-refractivity contribution in [2.24, 2.45) is 11.7 Å². The van der Waals surface area contributed by atoms with Crippen molar-refractivity contribution in [3.8, 4) is 11.1 Å². The van der Waals surface area contributed by atoms with Gasteiger partial charge in [0.25, 0.3) is 0 Å². The minimum Gasteiger partial charge on any atom is -0.381 e. The lowest BCUT2D eigenvalue weighted by atomic mass is 10.00. The van der Waals surface area contributed by atoms with Gasteiger partial charge < -0.3 is 15.8 Å². The lowest BCUT2D eigenvalue weighted by molar-refractivity contribution is -0.129. The fraction of sp³-hybridized carbons (Fsp3) is 0.300. The van der Waals surface area contributed by atoms with Crippen LogP contribution in [0.5, 0.6) is 0 Å². The summed E-state index contributed by atoms with van der Waals surface area (Å²) in [5.41, 5.74) is 8.66. The monoisotopic (exact) mass is 338 g/mol. The third-order valence-electron chi connectivity index (χ3n) is 4.46. The molecule has 5 nitrogen and oxygen atoms in total. The summed E-state index contributed by atoms with van der Waals surface area (Å²) in [7, 11) is 0. The third kappa shape index (κ3) is 4.45. The Morgan fingerprint density at radius 1 is 1.08 bits per heavy atom. The minimum absolute atomic E-state index is 0.165. The summed E-state index contributed by atoms with van der Waals surface area (Å²) >= 11 is 0. The highest BCUT2D eigenvalue weighted by Crippen LogP contribution is 2.20. The summed E-state index contributed by atoms with van der Waals surface area (Å²) in [6.07, 6.45) is 1.06. The summed E-state index contributed by atoms with van der Waals surface area (Å²) in [6, 6.07) is 17.3. The topological polar surface area (TPSA) is 81.4 Å². The van der Waals surface area contributed by atoms with E-state index in [0.29, 0.717) is 26.1 Å². The molecule has 0 saturated carbocycles. The van der Waals surface area contributed by atoms with E-state index in [0.717, 1.165) is 16.7 Å². The van der Waals surface area contributed by atoms with Gasteiger partial charge in [-0.1, -0.05) is 54.6 Å². The van der Waals surface area contributed by atoms with Crippen LogP contribution in [0, 0.1) is 5.92 Å². The zero-order valence-electron chi connectivity index (χ0n) is 14.0. The maximum absolute atomic E-state index is 12.2. The number of carbonyl (C=O) groups excluding carboxylic acids is 2. The molecule has 2 aromatic carbocycles. The zero-order valence-corrected chi connectivity index (χ0v) is 14.0. The van der Waals surface area contributed by atoms with Gasteiger partial charge in [-0.3, -0.25) is 9.59 Å². The van der Waals surface area contributed by atoms with Crippen LogP contribution in [0.15, 0.2) is 54.6 Å². The highest BCUT2D eigenvalue weighted by atomic mass is 16.5. The van der Waals surface area contributed by atoms with E-state index >= 15 is 0 Å². The van der Waals surface area contributed by atoms with E-state index in [4.69, 9.17) is 10.5 Å². The summed E-state index contributed by atoms with van der Waals surface area (Å²) in [4.78, 5) is 23.9. The molecule has 1 aliphatic rings. The normalized spacial score (nSPS) is 17.8. The van der Waals surface area contributed by atoms with Crippen LogP contribution in [0.4, 0.5) is 0 Å². The first kappa shape index (κ1) is 17.2. The average Bonchev–Trinajstić information content (AvgIpc) is 3.17. The standard InChI is InChI=1S/C20H22N2O3/c21-19(23)18(22-20(24)17-10-11-25-13-17)12-14-6-8-16(9-7-14)15-4-2-1-3-5-15/h1-9,17-18H,10-13H2,(H2,21,23)(H,22,24)/t17-,18-/m1/s1. The number of amides is 2. The fourth-order valence-electron chi connectivity index (χ4n) is 2.95. The van der Waals surface area contributed by atoms with Crippen LogP contribution in [0.2, 0.25) is 0 Å². The molecule has 1 fully saturated rings. The Hall–Kier alpha value is -2.66. The molecule has 0 radical (unpaired) electrons. The molecule has 2 atom stereocenters. The maximum Gasteiger partial charge on any atom is 0.240 e. The first-order chi connectivity index (χ1) is 12.1. The molecule has 0 bridgehead atoms. The molecule has 1 saturated heterocycles. The molecule has 1 aliphatic heterocycles. The van der Waals surface area contributed by atoms with Crippen LogP contribution in [0.3, 0.4) is 0 Å². The van der Waals surface area contributed by atoms with E-state index in [9.17, 15) is 9.59 Å². The van der Waals surface area contributed by atoms with Crippen molar-refractivity contribution in [3.05, 3.63) is 60.2 Å². The van der Waals surface area contributed by atoms with Gasteiger partial charge in [-0.05, 0) is 23.1 Å². The van der Waals surface area contributed by atoms with Gasteiger partial charge in [-0.15, -0.1) is 0 Å². The highest BCUT2D eigenvalue weighted by molar-refractivity contribution is 5.88. The van der Waals surface area contributed by atoms with E-state index < -0.39 is 11.9 Å². The molecule has 1 heterocycles.